The van der Waals surface area contributed by atoms with Crippen molar-refractivity contribution in [2.24, 2.45) is 10.8 Å². The average molecular weight is 313 g/mol. The van der Waals surface area contributed by atoms with Crippen molar-refractivity contribution in [3.8, 4) is 0 Å². The predicted molar refractivity (Wildman–Crippen MR) is 82.3 cm³/mol. The first-order valence-corrected chi connectivity index (χ1v) is 7.98. The standard InChI is InChI=1S/C16H30N2O4/c1-15(2)8-12(18-7-5-14(21)22)9-16(3,10-15)11-17-6-4-13(19)20/h12,17-18H,4-11H2,1-3H3,(H,19,20)(H,21,22)/p-1. The lowest BCUT2D eigenvalue weighted by Gasteiger charge is -2.47. The number of carbonyl (C=O) groups excluding carboxylic acids is 1. The molecule has 0 aromatic rings. The zero-order valence-corrected chi connectivity index (χ0v) is 13.9. The molecule has 1 aliphatic carbocycles. The summed E-state index contributed by atoms with van der Waals surface area (Å²) >= 11 is 0. The smallest absolute Gasteiger partial charge is 0.304 e. The molecule has 6 heteroatoms. The van der Waals surface area contributed by atoms with Crippen LogP contribution >= 0.6 is 0 Å². The van der Waals surface area contributed by atoms with Crippen LogP contribution in [0.5, 0.6) is 0 Å². The topological polar surface area (TPSA) is 101 Å². The highest BCUT2D eigenvalue weighted by molar-refractivity contribution is 5.66. The highest BCUT2D eigenvalue weighted by Gasteiger charge is 2.40. The molecule has 0 amide bonds. The van der Waals surface area contributed by atoms with Crippen LogP contribution in [0.4, 0.5) is 0 Å². The van der Waals surface area contributed by atoms with E-state index < -0.39 is 11.9 Å². The number of carboxylic acids is 2. The highest BCUT2D eigenvalue weighted by atomic mass is 16.4. The molecule has 0 heterocycles. The molecular weight excluding hydrogens is 284 g/mol. The minimum Gasteiger partial charge on any atom is -0.550 e. The molecule has 0 spiro atoms. The molecule has 0 aromatic heterocycles. The van der Waals surface area contributed by atoms with Gasteiger partial charge in [0.15, 0.2) is 0 Å². The summed E-state index contributed by atoms with van der Waals surface area (Å²) in [5.74, 6) is -1.82. The van der Waals surface area contributed by atoms with E-state index in [9.17, 15) is 14.7 Å². The summed E-state index contributed by atoms with van der Waals surface area (Å²) in [7, 11) is 0. The van der Waals surface area contributed by atoms with Crippen LogP contribution < -0.4 is 15.7 Å². The fourth-order valence-electron chi connectivity index (χ4n) is 3.88. The SMILES string of the molecule is CC1(C)CC(NCCC(=O)O)CC(C)(CNCCC(=O)[O-])C1. The molecule has 0 aromatic carbocycles. The summed E-state index contributed by atoms with van der Waals surface area (Å²) in [4.78, 5) is 21.1. The van der Waals surface area contributed by atoms with Crippen LogP contribution in [0.15, 0.2) is 0 Å². The van der Waals surface area contributed by atoms with E-state index >= 15 is 0 Å². The number of carboxylic acid groups (broad SMARTS) is 2. The molecule has 0 aliphatic heterocycles. The normalized spacial score (nSPS) is 27.5. The van der Waals surface area contributed by atoms with Crippen LogP contribution in [0, 0.1) is 10.8 Å². The van der Waals surface area contributed by atoms with Gasteiger partial charge in [-0.15, -0.1) is 0 Å². The molecule has 1 fully saturated rings. The average Bonchev–Trinajstić information content (AvgIpc) is 2.31. The van der Waals surface area contributed by atoms with Crippen molar-refractivity contribution < 1.29 is 19.8 Å². The summed E-state index contributed by atoms with van der Waals surface area (Å²) in [5.41, 5.74) is 0.262. The van der Waals surface area contributed by atoms with E-state index in [1.165, 1.54) is 0 Å². The summed E-state index contributed by atoms with van der Waals surface area (Å²) in [5, 5.41) is 25.8. The molecule has 2 atom stereocenters. The number of nitrogens with one attached hydrogen (secondary N) is 2. The fraction of sp³-hybridized carbons (Fsp3) is 0.875. The van der Waals surface area contributed by atoms with E-state index in [4.69, 9.17) is 5.11 Å². The van der Waals surface area contributed by atoms with Crippen molar-refractivity contribution in [1.82, 2.24) is 10.6 Å². The first-order chi connectivity index (χ1) is 10.1. The van der Waals surface area contributed by atoms with Crippen molar-refractivity contribution in [3.05, 3.63) is 0 Å². The molecule has 3 N–H and O–H groups in total. The summed E-state index contributed by atoms with van der Waals surface area (Å²) in [6.07, 6.45) is 3.22. The van der Waals surface area contributed by atoms with E-state index in [1.807, 2.05) is 0 Å². The Kier molecular flexibility index (Phi) is 6.81. The molecule has 1 saturated carbocycles. The van der Waals surface area contributed by atoms with Gasteiger partial charge in [-0.3, -0.25) is 4.79 Å². The van der Waals surface area contributed by atoms with Crippen LogP contribution in [0.2, 0.25) is 0 Å². The second-order valence-electron chi connectivity index (χ2n) is 7.65. The largest absolute Gasteiger partial charge is 0.550 e. The Morgan fingerprint density at radius 1 is 1.18 bits per heavy atom. The number of rotatable bonds is 9. The minimum absolute atomic E-state index is 0.0275. The van der Waals surface area contributed by atoms with Crippen LogP contribution in [-0.2, 0) is 9.59 Å². The second-order valence-corrected chi connectivity index (χ2v) is 7.65. The van der Waals surface area contributed by atoms with Gasteiger partial charge in [0.05, 0.1) is 6.42 Å². The van der Waals surface area contributed by atoms with E-state index in [-0.39, 0.29) is 23.7 Å². The maximum Gasteiger partial charge on any atom is 0.304 e. The van der Waals surface area contributed by atoms with Gasteiger partial charge in [-0.05, 0) is 36.5 Å². The summed E-state index contributed by atoms with van der Waals surface area (Å²) in [6, 6.07) is 0.302. The summed E-state index contributed by atoms with van der Waals surface area (Å²) in [6.45, 7) is 8.36. The van der Waals surface area contributed by atoms with E-state index in [2.05, 4.69) is 31.4 Å². The minimum atomic E-state index is -1.03. The third kappa shape index (κ3) is 7.22. The van der Waals surface area contributed by atoms with Gasteiger partial charge in [-0.1, -0.05) is 20.8 Å². The van der Waals surface area contributed by atoms with E-state index in [0.29, 0.717) is 19.1 Å². The first-order valence-electron chi connectivity index (χ1n) is 7.98. The monoisotopic (exact) mass is 313 g/mol. The quantitative estimate of drug-likeness (QED) is 0.532. The Bertz CT molecular complexity index is 398. The molecule has 0 saturated heterocycles. The summed E-state index contributed by atoms with van der Waals surface area (Å²) < 4.78 is 0. The number of hydrogen-bond donors (Lipinski definition) is 3. The van der Waals surface area contributed by atoms with Crippen LogP contribution in [0.3, 0.4) is 0 Å². The van der Waals surface area contributed by atoms with Crippen molar-refractivity contribution in [2.45, 2.75) is 58.9 Å². The molecule has 1 rings (SSSR count). The van der Waals surface area contributed by atoms with Crippen molar-refractivity contribution in [1.29, 1.82) is 0 Å². The Balaban J connectivity index is 2.50. The van der Waals surface area contributed by atoms with Crippen molar-refractivity contribution in [3.63, 3.8) is 0 Å². The Hall–Kier alpha value is -1.14. The number of aliphatic carboxylic acids is 2. The molecule has 0 bridgehead atoms. The Morgan fingerprint density at radius 2 is 1.86 bits per heavy atom. The lowest BCUT2D eigenvalue weighted by molar-refractivity contribution is -0.305. The molecular formula is C16H29N2O4-. The highest BCUT2D eigenvalue weighted by Crippen LogP contribution is 2.45. The third-order valence-electron chi connectivity index (χ3n) is 4.27. The molecule has 128 valence electrons. The van der Waals surface area contributed by atoms with E-state index in [0.717, 1.165) is 25.8 Å². The number of carbonyl (C=O) groups is 2. The van der Waals surface area contributed by atoms with Gasteiger partial charge in [0.1, 0.15) is 0 Å². The van der Waals surface area contributed by atoms with Crippen molar-refractivity contribution in [2.75, 3.05) is 19.6 Å². The number of hydrogen-bond acceptors (Lipinski definition) is 5. The predicted octanol–water partition coefficient (Wildman–Crippen LogP) is 0.365. The van der Waals surface area contributed by atoms with Gasteiger partial charge < -0.3 is 25.6 Å². The van der Waals surface area contributed by atoms with Gasteiger partial charge in [0.2, 0.25) is 0 Å². The first kappa shape index (κ1) is 18.9. The molecule has 1 aliphatic rings. The van der Waals surface area contributed by atoms with Crippen LogP contribution in [-0.4, -0.2) is 42.7 Å². The third-order valence-corrected chi connectivity index (χ3v) is 4.27. The van der Waals surface area contributed by atoms with Gasteiger partial charge in [-0.25, -0.2) is 0 Å². The molecule has 2 unspecified atom stereocenters. The van der Waals surface area contributed by atoms with Gasteiger partial charge >= 0.3 is 5.97 Å². The van der Waals surface area contributed by atoms with Gasteiger partial charge in [0, 0.05) is 31.6 Å². The van der Waals surface area contributed by atoms with Gasteiger partial charge in [-0.2, -0.15) is 0 Å². The maximum atomic E-state index is 10.6. The maximum absolute atomic E-state index is 10.6. The molecule has 22 heavy (non-hydrogen) atoms. The lowest BCUT2D eigenvalue weighted by Crippen LogP contribution is -2.49. The molecule has 0 radical (unpaired) electrons. The second kappa shape index (κ2) is 7.92. The zero-order chi connectivity index (χ0) is 16.8. The fourth-order valence-corrected chi connectivity index (χ4v) is 3.88. The zero-order valence-electron chi connectivity index (χ0n) is 13.9. The lowest BCUT2D eigenvalue weighted by atomic mass is 9.62. The Labute approximate surface area is 132 Å². The van der Waals surface area contributed by atoms with Gasteiger partial charge in [0.25, 0.3) is 0 Å². The van der Waals surface area contributed by atoms with E-state index in [1.54, 1.807) is 0 Å². The van der Waals surface area contributed by atoms with Crippen LogP contribution in [0.25, 0.3) is 0 Å². The molecule has 6 nitrogen and oxygen atoms in total. The Morgan fingerprint density at radius 3 is 2.45 bits per heavy atom. The van der Waals surface area contributed by atoms with Crippen LogP contribution in [0.1, 0.15) is 52.9 Å². The van der Waals surface area contributed by atoms with Crippen molar-refractivity contribution >= 4 is 11.9 Å².